The Kier molecular flexibility index (Phi) is 7.06. The summed E-state index contributed by atoms with van der Waals surface area (Å²) in [5.41, 5.74) is 0.539. The molecule has 0 atom stereocenters. The van der Waals surface area contributed by atoms with Crippen molar-refractivity contribution in [2.75, 3.05) is 24.3 Å². The lowest BCUT2D eigenvalue weighted by atomic mass is 10.2. The van der Waals surface area contributed by atoms with Crippen LogP contribution in [0.2, 0.25) is 0 Å². The molecule has 25 heavy (non-hydrogen) atoms. The van der Waals surface area contributed by atoms with Crippen molar-refractivity contribution < 1.29 is 23.0 Å². The van der Waals surface area contributed by atoms with Crippen molar-refractivity contribution in [3.05, 3.63) is 48.0 Å². The molecule has 2 aromatic carbocycles. The fourth-order valence-electron chi connectivity index (χ4n) is 2.06. The largest absolute Gasteiger partial charge is 0.490 e. The lowest BCUT2D eigenvalue weighted by Gasteiger charge is -2.13. The van der Waals surface area contributed by atoms with E-state index in [1.54, 1.807) is 18.2 Å². The van der Waals surface area contributed by atoms with Gasteiger partial charge in [0.15, 0.2) is 11.5 Å². The average molecular weight is 367 g/mol. The molecule has 0 unspecified atom stereocenters. The Bertz CT molecular complexity index is 740. The quantitative estimate of drug-likeness (QED) is 0.698. The van der Waals surface area contributed by atoms with Crippen LogP contribution in [0.5, 0.6) is 11.5 Å². The number of carbonyl (C=O) groups is 1. The molecular weight excluding hydrogens is 348 g/mol. The lowest BCUT2D eigenvalue weighted by molar-refractivity contribution is -0.113. The maximum absolute atomic E-state index is 13.6. The maximum atomic E-state index is 13.6. The predicted molar refractivity (Wildman–Crippen MR) is 94.5 cm³/mol. The van der Waals surface area contributed by atoms with Crippen molar-refractivity contribution in [3.8, 4) is 11.5 Å². The Morgan fingerprint density at radius 1 is 1.04 bits per heavy atom. The molecule has 2 aromatic rings. The fraction of sp³-hybridized carbons (Fsp3) is 0.278. The number of hydrogen-bond acceptors (Lipinski definition) is 4. The maximum Gasteiger partial charge on any atom is 0.234 e. The molecular formula is C18H19F2NO3S. The molecule has 0 aliphatic heterocycles. The molecule has 0 fully saturated rings. The van der Waals surface area contributed by atoms with Crippen LogP contribution < -0.4 is 14.8 Å². The molecule has 0 saturated heterocycles. The topological polar surface area (TPSA) is 47.6 Å². The van der Waals surface area contributed by atoms with Gasteiger partial charge in [0.05, 0.1) is 19.0 Å². The number of thioether (sulfide) groups is 1. The lowest BCUT2D eigenvalue weighted by Crippen LogP contribution is -2.14. The molecule has 0 heterocycles. The first-order valence-corrected chi connectivity index (χ1v) is 8.79. The summed E-state index contributed by atoms with van der Waals surface area (Å²) in [5.74, 6) is -0.349. The van der Waals surface area contributed by atoms with Gasteiger partial charge in [0.1, 0.15) is 11.6 Å². The zero-order valence-corrected chi connectivity index (χ0v) is 14.8. The summed E-state index contributed by atoms with van der Waals surface area (Å²) in [5, 5.41) is 2.70. The van der Waals surface area contributed by atoms with E-state index in [0.29, 0.717) is 30.4 Å². The third-order valence-electron chi connectivity index (χ3n) is 3.08. The zero-order chi connectivity index (χ0) is 18.2. The Hall–Kier alpha value is -2.28. The summed E-state index contributed by atoms with van der Waals surface area (Å²) in [6, 6.07) is 8.21. The van der Waals surface area contributed by atoms with Crippen molar-refractivity contribution in [1.29, 1.82) is 0 Å². The van der Waals surface area contributed by atoms with Gasteiger partial charge in [0, 0.05) is 16.6 Å². The summed E-state index contributed by atoms with van der Waals surface area (Å²) in [6.45, 7) is 4.69. The minimum absolute atomic E-state index is 0.0441. The summed E-state index contributed by atoms with van der Waals surface area (Å²) in [6.07, 6.45) is 0. The first-order valence-electron chi connectivity index (χ1n) is 7.80. The molecule has 1 N–H and O–H groups in total. The van der Waals surface area contributed by atoms with E-state index < -0.39 is 11.6 Å². The molecule has 4 nitrogen and oxygen atoms in total. The van der Waals surface area contributed by atoms with Gasteiger partial charge < -0.3 is 14.8 Å². The minimum Gasteiger partial charge on any atom is -0.490 e. The summed E-state index contributed by atoms with van der Waals surface area (Å²) in [7, 11) is 0. The highest BCUT2D eigenvalue weighted by atomic mass is 32.2. The standard InChI is InChI=1S/C18H19F2NO3S/c1-3-23-15-8-6-13(10-16(15)24-4-2)21-18(22)11-25-17-9-12(19)5-7-14(17)20/h5-10H,3-4,11H2,1-2H3,(H,21,22). The molecule has 0 aromatic heterocycles. The van der Waals surface area contributed by atoms with Gasteiger partial charge in [-0.25, -0.2) is 8.78 Å². The highest BCUT2D eigenvalue weighted by Crippen LogP contribution is 2.31. The molecule has 0 saturated carbocycles. The van der Waals surface area contributed by atoms with Gasteiger partial charge in [-0.1, -0.05) is 0 Å². The van der Waals surface area contributed by atoms with Crippen molar-refractivity contribution in [3.63, 3.8) is 0 Å². The molecule has 0 bridgehead atoms. The number of nitrogens with one attached hydrogen (secondary N) is 1. The van der Waals surface area contributed by atoms with Crippen LogP contribution in [0.1, 0.15) is 13.8 Å². The minimum atomic E-state index is -0.557. The van der Waals surface area contributed by atoms with E-state index in [1.807, 2.05) is 13.8 Å². The van der Waals surface area contributed by atoms with E-state index in [0.717, 1.165) is 30.0 Å². The molecule has 0 aliphatic carbocycles. The highest BCUT2D eigenvalue weighted by Gasteiger charge is 2.11. The number of hydrogen-bond donors (Lipinski definition) is 1. The molecule has 0 spiro atoms. The first kappa shape index (κ1) is 19.1. The van der Waals surface area contributed by atoms with Gasteiger partial charge in [-0.05, 0) is 44.2 Å². The van der Waals surface area contributed by atoms with Gasteiger partial charge >= 0.3 is 0 Å². The SMILES string of the molecule is CCOc1ccc(NC(=O)CSc2cc(F)ccc2F)cc1OCC. The van der Waals surface area contributed by atoms with Crippen LogP contribution in [0.3, 0.4) is 0 Å². The Balaban J connectivity index is 2.00. The number of amides is 1. The van der Waals surface area contributed by atoms with E-state index in [9.17, 15) is 13.6 Å². The van der Waals surface area contributed by atoms with Crippen LogP contribution in [0.25, 0.3) is 0 Å². The second-order valence-corrected chi connectivity index (χ2v) is 5.96. The van der Waals surface area contributed by atoms with Crippen molar-refractivity contribution in [2.45, 2.75) is 18.7 Å². The smallest absolute Gasteiger partial charge is 0.234 e. The molecule has 7 heteroatoms. The number of benzene rings is 2. The summed E-state index contributed by atoms with van der Waals surface area (Å²) >= 11 is 0.931. The normalized spacial score (nSPS) is 10.4. The number of rotatable bonds is 8. The van der Waals surface area contributed by atoms with Crippen LogP contribution >= 0.6 is 11.8 Å². The molecule has 0 radical (unpaired) electrons. The van der Waals surface area contributed by atoms with Crippen LogP contribution in [-0.2, 0) is 4.79 Å². The summed E-state index contributed by atoms with van der Waals surface area (Å²) < 4.78 is 37.6. The van der Waals surface area contributed by atoms with E-state index in [1.165, 1.54) is 0 Å². The van der Waals surface area contributed by atoms with E-state index in [2.05, 4.69) is 5.32 Å². The predicted octanol–water partition coefficient (Wildman–Crippen LogP) is 4.49. The molecule has 2 rings (SSSR count). The number of halogens is 2. The van der Waals surface area contributed by atoms with Gasteiger partial charge in [0.2, 0.25) is 5.91 Å². The molecule has 134 valence electrons. The van der Waals surface area contributed by atoms with Crippen LogP contribution in [-0.4, -0.2) is 24.9 Å². The number of anilines is 1. The van der Waals surface area contributed by atoms with Crippen molar-refractivity contribution in [1.82, 2.24) is 0 Å². The van der Waals surface area contributed by atoms with Crippen molar-refractivity contribution in [2.24, 2.45) is 0 Å². The third-order valence-corrected chi connectivity index (χ3v) is 4.11. The van der Waals surface area contributed by atoms with E-state index in [4.69, 9.17) is 9.47 Å². The number of ether oxygens (including phenoxy) is 2. The molecule has 1 amide bonds. The van der Waals surface area contributed by atoms with Gasteiger partial charge in [-0.3, -0.25) is 4.79 Å². The summed E-state index contributed by atoms with van der Waals surface area (Å²) in [4.78, 5) is 12.1. The Labute approximate surface area is 149 Å². The fourth-order valence-corrected chi connectivity index (χ4v) is 2.82. The van der Waals surface area contributed by atoms with Crippen LogP contribution in [0.4, 0.5) is 14.5 Å². The number of carbonyl (C=O) groups excluding carboxylic acids is 1. The van der Waals surface area contributed by atoms with Gasteiger partial charge in [-0.15, -0.1) is 11.8 Å². The monoisotopic (exact) mass is 367 g/mol. The van der Waals surface area contributed by atoms with Crippen LogP contribution in [0, 0.1) is 11.6 Å². The van der Waals surface area contributed by atoms with Gasteiger partial charge in [0.25, 0.3) is 0 Å². The first-order chi connectivity index (χ1) is 12.0. The average Bonchev–Trinajstić information content (AvgIpc) is 2.58. The third kappa shape index (κ3) is 5.63. The van der Waals surface area contributed by atoms with Gasteiger partial charge in [-0.2, -0.15) is 0 Å². The van der Waals surface area contributed by atoms with Crippen LogP contribution in [0.15, 0.2) is 41.3 Å². The Morgan fingerprint density at radius 3 is 2.48 bits per heavy atom. The molecule has 0 aliphatic rings. The van der Waals surface area contributed by atoms with Crippen molar-refractivity contribution >= 4 is 23.4 Å². The Morgan fingerprint density at radius 2 is 1.76 bits per heavy atom. The second kappa shape index (κ2) is 9.27. The van der Waals surface area contributed by atoms with E-state index in [-0.39, 0.29) is 16.6 Å². The second-order valence-electron chi connectivity index (χ2n) is 4.94. The zero-order valence-electron chi connectivity index (χ0n) is 14.0. The van der Waals surface area contributed by atoms with E-state index >= 15 is 0 Å². The highest BCUT2D eigenvalue weighted by molar-refractivity contribution is 8.00.